The summed E-state index contributed by atoms with van der Waals surface area (Å²) in [6.45, 7) is 3.89. The van der Waals surface area contributed by atoms with Gasteiger partial charge in [-0.05, 0) is 56.9 Å². The van der Waals surface area contributed by atoms with Gasteiger partial charge >= 0.3 is 0 Å². The van der Waals surface area contributed by atoms with Crippen LogP contribution in [-0.2, 0) is 4.79 Å². The number of para-hydroxylation sites is 2. The van der Waals surface area contributed by atoms with E-state index in [2.05, 4.69) is 25.3 Å². The summed E-state index contributed by atoms with van der Waals surface area (Å²) < 4.78 is 11.2. The minimum absolute atomic E-state index is 0.00355. The lowest BCUT2D eigenvalue weighted by atomic mass is 9.85. The van der Waals surface area contributed by atoms with E-state index in [0.29, 0.717) is 36.3 Å². The summed E-state index contributed by atoms with van der Waals surface area (Å²) in [6.07, 6.45) is 6.93. The van der Waals surface area contributed by atoms with Crippen molar-refractivity contribution in [3.05, 3.63) is 48.5 Å². The molecule has 1 saturated heterocycles. The topological polar surface area (TPSA) is 93.4 Å². The molecule has 8 nitrogen and oxygen atoms in total. The molecule has 0 spiro atoms. The number of benzene rings is 1. The molecule has 1 amide bonds. The molecule has 2 aliphatic rings. The number of hydrogen-bond acceptors (Lipinski definition) is 7. The maximum atomic E-state index is 13.1. The van der Waals surface area contributed by atoms with Gasteiger partial charge in [0.2, 0.25) is 17.6 Å². The van der Waals surface area contributed by atoms with Gasteiger partial charge in [-0.3, -0.25) is 4.79 Å². The van der Waals surface area contributed by atoms with Gasteiger partial charge in [-0.15, -0.1) is 0 Å². The Hall–Kier alpha value is -3.42. The molecule has 1 saturated carbocycles. The number of ether oxygens (including phenoxy) is 1. The number of nitrogens with zero attached hydrogens (tertiary/aromatic N) is 4. The second-order valence-corrected chi connectivity index (χ2v) is 8.66. The molecule has 1 atom stereocenters. The Balaban J connectivity index is 1.32. The molecule has 0 bridgehead atoms. The third kappa shape index (κ3) is 4.55. The number of hydrogen-bond donors (Lipinski definition) is 1. The van der Waals surface area contributed by atoms with E-state index < -0.39 is 0 Å². The zero-order valence-corrected chi connectivity index (χ0v) is 18.9. The Labute approximate surface area is 193 Å². The number of piperidine rings is 1. The van der Waals surface area contributed by atoms with Crippen LogP contribution in [-0.4, -0.2) is 40.7 Å². The molecule has 3 aromatic rings. The zero-order chi connectivity index (χ0) is 22.6. The molecule has 2 aromatic heterocycles. The molecule has 1 aliphatic heterocycles. The fourth-order valence-electron chi connectivity index (χ4n) is 4.46. The van der Waals surface area contributed by atoms with Gasteiger partial charge in [0.05, 0.1) is 23.8 Å². The standard InChI is InChI=1S/C25H29N5O3/c1-2-32-21-13-4-3-12-20(21)27-24(31)18-10-7-15-30(16-18)23-19(11-6-14-26-23)22-28-25(33-29-22)17-8-5-9-17/h3-4,6,11-14,17-18H,2,5,7-10,15-16H2,1H3,(H,27,31). The SMILES string of the molecule is CCOc1ccccc1NC(=O)C1CCCN(c2ncccc2-c2noc(C3CCC3)n2)C1. The van der Waals surface area contributed by atoms with Gasteiger partial charge in [0, 0.05) is 25.2 Å². The summed E-state index contributed by atoms with van der Waals surface area (Å²) in [6, 6.07) is 11.4. The highest BCUT2D eigenvalue weighted by atomic mass is 16.5. The fourth-order valence-corrected chi connectivity index (χ4v) is 4.46. The normalized spacial score (nSPS) is 18.6. The second-order valence-electron chi connectivity index (χ2n) is 8.66. The molecule has 5 rings (SSSR count). The third-order valence-electron chi connectivity index (χ3n) is 6.46. The molecule has 1 N–H and O–H groups in total. The Kier molecular flexibility index (Phi) is 6.24. The first-order valence-corrected chi connectivity index (χ1v) is 11.8. The number of nitrogens with one attached hydrogen (secondary N) is 1. The highest BCUT2D eigenvalue weighted by Gasteiger charge is 2.30. The first kappa shape index (κ1) is 21.4. The predicted molar refractivity (Wildman–Crippen MR) is 125 cm³/mol. The molecular weight excluding hydrogens is 418 g/mol. The molecule has 1 aliphatic carbocycles. The van der Waals surface area contributed by atoms with Crippen LogP contribution in [0.2, 0.25) is 0 Å². The lowest BCUT2D eigenvalue weighted by Gasteiger charge is -2.33. The monoisotopic (exact) mass is 447 g/mol. The summed E-state index contributed by atoms with van der Waals surface area (Å²) in [5.41, 5.74) is 1.55. The van der Waals surface area contributed by atoms with Crippen molar-refractivity contribution >= 4 is 17.4 Å². The summed E-state index contributed by atoms with van der Waals surface area (Å²) in [5.74, 6) is 2.99. The van der Waals surface area contributed by atoms with Crippen molar-refractivity contribution in [3.8, 4) is 17.1 Å². The van der Waals surface area contributed by atoms with Crippen LogP contribution in [0.3, 0.4) is 0 Å². The van der Waals surface area contributed by atoms with Crippen molar-refractivity contribution in [1.82, 2.24) is 15.1 Å². The minimum Gasteiger partial charge on any atom is -0.492 e. The van der Waals surface area contributed by atoms with E-state index in [9.17, 15) is 4.79 Å². The number of amides is 1. The van der Waals surface area contributed by atoms with E-state index in [1.165, 1.54) is 6.42 Å². The Bertz CT molecular complexity index is 1110. The summed E-state index contributed by atoms with van der Waals surface area (Å²) >= 11 is 0. The number of aromatic nitrogens is 3. The van der Waals surface area contributed by atoms with Gasteiger partial charge in [0.25, 0.3) is 0 Å². The predicted octanol–water partition coefficient (Wildman–Crippen LogP) is 4.65. The number of anilines is 2. The quantitative estimate of drug-likeness (QED) is 0.563. The number of rotatable bonds is 7. The number of carbonyl (C=O) groups is 1. The van der Waals surface area contributed by atoms with E-state index in [4.69, 9.17) is 9.26 Å². The molecular formula is C25H29N5O3. The lowest BCUT2D eigenvalue weighted by Crippen LogP contribution is -2.41. The van der Waals surface area contributed by atoms with Crippen LogP contribution in [0.25, 0.3) is 11.4 Å². The molecule has 172 valence electrons. The fraction of sp³-hybridized carbons (Fsp3) is 0.440. The highest BCUT2D eigenvalue weighted by molar-refractivity contribution is 5.94. The van der Waals surface area contributed by atoms with Crippen LogP contribution >= 0.6 is 0 Å². The number of carbonyl (C=O) groups excluding carboxylic acids is 1. The van der Waals surface area contributed by atoms with Crippen molar-refractivity contribution in [1.29, 1.82) is 0 Å². The molecule has 0 radical (unpaired) electrons. The van der Waals surface area contributed by atoms with Crippen LogP contribution in [0, 0.1) is 5.92 Å². The van der Waals surface area contributed by atoms with Gasteiger partial charge < -0.3 is 19.5 Å². The third-order valence-corrected chi connectivity index (χ3v) is 6.46. The highest BCUT2D eigenvalue weighted by Crippen LogP contribution is 2.37. The van der Waals surface area contributed by atoms with E-state index in [-0.39, 0.29) is 11.8 Å². The first-order valence-electron chi connectivity index (χ1n) is 11.8. The van der Waals surface area contributed by atoms with Crippen molar-refractivity contribution in [3.63, 3.8) is 0 Å². The van der Waals surface area contributed by atoms with E-state index >= 15 is 0 Å². The van der Waals surface area contributed by atoms with Crippen LogP contribution < -0.4 is 15.0 Å². The Morgan fingerprint density at radius 1 is 1.18 bits per heavy atom. The van der Waals surface area contributed by atoms with Crippen molar-refractivity contribution in [2.24, 2.45) is 5.92 Å². The maximum absolute atomic E-state index is 13.1. The summed E-state index contributed by atoms with van der Waals surface area (Å²) in [5, 5.41) is 7.30. The molecule has 2 fully saturated rings. The van der Waals surface area contributed by atoms with Crippen LogP contribution in [0.1, 0.15) is 50.8 Å². The van der Waals surface area contributed by atoms with E-state index in [1.807, 2.05) is 43.3 Å². The molecule has 33 heavy (non-hydrogen) atoms. The van der Waals surface area contributed by atoms with Gasteiger partial charge in [-0.25, -0.2) is 4.98 Å². The van der Waals surface area contributed by atoms with Gasteiger partial charge in [-0.2, -0.15) is 4.98 Å². The van der Waals surface area contributed by atoms with E-state index in [0.717, 1.165) is 49.5 Å². The van der Waals surface area contributed by atoms with Crippen molar-refractivity contribution < 1.29 is 14.1 Å². The zero-order valence-electron chi connectivity index (χ0n) is 18.9. The second kappa shape index (κ2) is 9.60. The molecule has 1 unspecified atom stereocenters. The molecule has 3 heterocycles. The van der Waals surface area contributed by atoms with Crippen LogP contribution in [0.4, 0.5) is 11.5 Å². The Morgan fingerprint density at radius 2 is 2.06 bits per heavy atom. The Morgan fingerprint density at radius 3 is 2.88 bits per heavy atom. The average Bonchev–Trinajstić information content (AvgIpc) is 3.29. The maximum Gasteiger partial charge on any atom is 0.230 e. The van der Waals surface area contributed by atoms with Crippen molar-refractivity contribution in [2.75, 3.05) is 29.9 Å². The summed E-state index contributed by atoms with van der Waals surface area (Å²) in [4.78, 5) is 24.6. The van der Waals surface area contributed by atoms with Crippen LogP contribution in [0.15, 0.2) is 47.1 Å². The average molecular weight is 448 g/mol. The van der Waals surface area contributed by atoms with Gasteiger partial charge in [0.15, 0.2) is 0 Å². The van der Waals surface area contributed by atoms with Gasteiger partial charge in [0.1, 0.15) is 11.6 Å². The molecule has 8 heteroatoms. The largest absolute Gasteiger partial charge is 0.492 e. The van der Waals surface area contributed by atoms with Gasteiger partial charge in [-0.1, -0.05) is 23.7 Å². The number of pyridine rings is 1. The van der Waals surface area contributed by atoms with E-state index in [1.54, 1.807) is 6.20 Å². The molecule has 1 aromatic carbocycles. The smallest absolute Gasteiger partial charge is 0.230 e. The minimum atomic E-state index is -0.154. The summed E-state index contributed by atoms with van der Waals surface area (Å²) in [7, 11) is 0. The van der Waals surface area contributed by atoms with Crippen LogP contribution in [0.5, 0.6) is 5.75 Å². The van der Waals surface area contributed by atoms with Crippen molar-refractivity contribution in [2.45, 2.75) is 44.9 Å². The first-order chi connectivity index (χ1) is 16.2. The lowest BCUT2D eigenvalue weighted by molar-refractivity contribution is -0.120.